The van der Waals surface area contributed by atoms with Crippen molar-refractivity contribution >= 4 is 22.4 Å². The predicted molar refractivity (Wildman–Crippen MR) is 87.0 cm³/mol. The molecule has 1 aromatic heterocycles. The Morgan fingerprint density at radius 2 is 1.95 bits per heavy atom. The third kappa shape index (κ3) is 2.79. The summed E-state index contributed by atoms with van der Waals surface area (Å²) in [5.74, 6) is 0.790. The van der Waals surface area contributed by atoms with E-state index in [1.807, 2.05) is 13.0 Å². The zero-order chi connectivity index (χ0) is 15.7. The number of methoxy groups -OCH3 is 1. The largest absolute Gasteiger partial charge is 0.495 e. The van der Waals surface area contributed by atoms with Gasteiger partial charge in [-0.05, 0) is 51.5 Å². The molecule has 2 aromatic rings. The number of benzene rings is 1. The molecule has 0 aliphatic carbocycles. The van der Waals surface area contributed by atoms with E-state index in [9.17, 15) is 4.79 Å². The lowest BCUT2D eigenvalue weighted by Crippen LogP contribution is -2.01. The minimum Gasteiger partial charge on any atom is -0.495 e. The van der Waals surface area contributed by atoms with Crippen LogP contribution < -0.4 is 10.1 Å². The molecule has 2 rings (SSSR count). The summed E-state index contributed by atoms with van der Waals surface area (Å²) in [7, 11) is 3.71. The Kier molecular flexibility index (Phi) is 4.07. The number of hydrogen-bond acceptors (Lipinski definition) is 3. The van der Waals surface area contributed by atoms with Crippen LogP contribution in [0.2, 0.25) is 0 Å². The lowest BCUT2D eigenvalue weighted by Gasteiger charge is -2.12. The van der Waals surface area contributed by atoms with Gasteiger partial charge in [-0.15, -0.1) is 0 Å². The van der Waals surface area contributed by atoms with Crippen molar-refractivity contribution < 1.29 is 9.53 Å². The number of fused-ring (bicyclic) bond motifs is 1. The molecule has 0 bridgehead atoms. The minimum atomic E-state index is 0.0191. The number of anilines is 1. The molecule has 4 heteroatoms. The molecule has 0 aliphatic rings. The number of ether oxygens (including phenoxy) is 1. The second-order valence-electron chi connectivity index (χ2n) is 5.40. The molecule has 0 atom stereocenters. The maximum atomic E-state index is 11.2. The van der Waals surface area contributed by atoms with E-state index in [1.54, 1.807) is 13.2 Å². The average Bonchev–Trinajstić information content (AvgIpc) is 2.62. The molecule has 1 N–H and O–H groups in total. The van der Waals surface area contributed by atoms with Gasteiger partial charge in [0.15, 0.2) is 5.78 Å². The summed E-state index contributed by atoms with van der Waals surface area (Å²) < 4.78 is 7.65. The normalized spacial score (nSPS) is 11.8. The fraction of sp³-hybridized carbons (Fsp3) is 0.353. The molecule has 0 aliphatic heterocycles. The first kappa shape index (κ1) is 15.2. The second kappa shape index (κ2) is 5.64. The van der Waals surface area contributed by atoms with E-state index < -0.39 is 0 Å². The monoisotopic (exact) mass is 286 g/mol. The summed E-state index contributed by atoms with van der Waals surface area (Å²) in [4.78, 5) is 11.2. The zero-order valence-electron chi connectivity index (χ0n) is 13.5. The third-order valence-electron chi connectivity index (χ3n) is 3.88. The quantitative estimate of drug-likeness (QED) is 0.871. The molecule has 0 amide bonds. The van der Waals surface area contributed by atoms with E-state index in [2.05, 4.69) is 36.8 Å². The van der Waals surface area contributed by atoms with Crippen molar-refractivity contribution in [3.63, 3.8) is 0 Å². The van der Waals surface area contributed by atoms with E-state index in [-0.39, 0.29) is 5.78 Å². The standard InChI is InChI=1S/C17H22N2O2/c1-10(7-11(2)20)18-15-9-16-14(8-17(15)21-6)12(3)13(4)19(16)5/h7-9,18H,1-6H3/b10-7+. The van der Waals surface area contributed by atoms with E-state index in [1.165, 1.54) is 23.6 Å². The van der Waals surface area contributed by atoms with Crippen molar-refractivity contribution in [3.05, 3.63) is 35.2 Å². The highest BCUT2D eigenvalue weighted by Crippen LogP contribution is 2.34. The van der Waals surface area contributed by atoms with Crippen LogP contribution in [0.4, 0.5) is 5.69 Å². The maximum absolute atomic E-state index is 11.2. The number of hydrogen-bond donors (Lipinski definition) is 1. The summed E-state index contributed by atoms with van der Waals surface area (Å²) >= 11 is 0. The summed E-state index contributed by atoms with van der Waals surface area (Å²) in [5, 5.41) is 4.43. The summed E-state index contributed by atoms with van der Waals surface area (Å²) in [5.41, 5.74) is 5.29. The van der Waals surface area contributed by atoms with Crippen LogP contribution in [0.1, 0.15) is 25.1 Å². The first-order valence-electron chi connectivity index (χ1n) is 6.94. The Morgan fingerprint density at radius 1 is 1.29 bits per heavy atom. The van der Waals surface area contributed by atoms with E-state index in [0.717, 1.165) is 22.7 Å². The lowest BCUT2D eigenvalue weighted by molar-refractivity contribution is -0.112. The molecule has 1 heterocycles. The van der Waals surface area contributed by atoms with Crippen molar-refractivity contribution in [2.24, 2.45) is 7.05 Å². The summed E-state index contributed by atoms with van der Waals surface area (Å²) in [6.07, 6.45) is 1.57. The Balaban J connectivity index is 2.58. The number of rotatable bonds is 4. The van der Waals surface area contributed by atoms with Crippen LogP contribution in [-0.4, -0.2) is 17.5 Å². The van der Waals surface area contributed by atoms with Crippen LogP contribution in [0.15, 0.2) is 23.9 Å². The molecular weight excluding hydrogens is 264 g/mol. The number of nitrogens with one attached hydrogen (secondary N) is 1. The van der Waals surface area contributed by atoms with Crippen LogP contribution in [0.3, 0.4) is 0 Å². The van der Waals surface area contributed by atoms with Crippen molar-refractivity contribution in [2.75, 3.05) is 12.4 Å². The van der Waals surface area contributed by atoms with E-state index in [4.69, 9.17) is 4.74 Å². The zero-order valence-corrected chi connectivity index (χ0v) is 13.5. The van der Waals surface area contributed by atoms with E-state index >= 15 is 0 Å². The van der Waals surface area contributed by atoms with Crippen molar-refractivity contribution in [3.8, 4) is 5.75 Å². The van der Waals surface area contributed by atoms with Crippen molar-refractivity contribution in [2.45, 2.75) is 27.7 Å². The van der Waals surface area contributed by atoms with Crippen LogP contribution in [0.25, 0.3) is 10.9 Å². The molecule has 0 radical (unpaired) electrons. The van der Waals surface area contributed by atoms with Gasteiger partial charge < -0.3 is 14.6 Å². The molecular formula is C17H22N2O2. The Morgan fingerprint density at radius 3 is 2.52 bits per heavy atom. The lowest BCUT2D eigenvalue weighted by atomic mass is 10.1. The molecule has 0 saturated heterocycles. The first-order chi connectivity index (χ1) is 9.85. The molecule has 112 valence electrons. The van der Waals surface area contributed by atoms with Crippen LogP contribution in [-0.2, 0) is 11.8 Å². The van der Waals surface area contributed by atoms with Gasteiger partial charge in [-0.25, -0.2) is 0 Å². The van der Waals surface area contributed by atoms with Gasteiger partial charge in [0.05, 0.1) is 18.3 Å². The molecule has 0 fully saturated rings. The number of carbonyl (C=O) groups is 1. The topological polar surface area (TPSA) is 43.3 Å². The van der Waals surface area contributed by atoms with Gasteiger partial charge in [-0.1, -0.05) is 0 Å². The highest BCUT2D eigenvalue weighted by molar-refractivity contribution is 5.92. The number of carbonyl (C=O) groups excluding carboxylic acids is 1. The fourth-order valence-electron chi connectivity index (χ4n) is 2.59. The number of allylic oxidation sites excluding steroid dienone is 2. The molecule has 0 saturated carbocycles. The van der Waals surface area contributed by atoms with Gasteiger partial charge in [0.1, 0.15) is 5.75 Å². The van der Waals surface area contributed by atoms with Gasteiger partial charge >= 0.3 is 0 Å². The van der Waals surface area contributed by atoms with Gasteiger partial charge in [0.2, 0.25) is 0 Å². The van der Waals surface area contributed by atoms with Gasteiger partial charge in [0, 0.05) is 23.8 Å². The third-order valence-corrected chi connectivity index (χ3v) is 3.88. The Bertz CT molecular complexity index is 739. The molecule has 1 aromatic carbocycles. The minimum absolute atomic E-state index is 0.0191. The van der Waals surface area contributed by atoms with Gasteiger partial charge in [-0.2, -0.15) is 0 Å². The number of nitrogens with zero attached hydrogens (tertiary/aromatic N) is 1. The van der Waals surface area contributed by atoms with Crippen LogP contribution in [0.5, 0.6) is 5.75 Å². The predicted octanol–water partition coefficient (Wildman–Crippen LogP) is 3.71. The van der Waals surface area contributed by atoms with Crippen molar-refractivity contribution in [1.82, 2.24) is 4.57 Å². The average molecular weight is 286 g/mol. The SMILES string of the molecule is COc1cc2c(C)c(C)n(C)c2cc1N/C(C)=C/C(C)=O. The van der Waals surface area contributed by atoms with Gasteiger partial charge in [0.25, 0.3) is 0 Å². The number of aryl methyl sites for hydroxylation is 2. The van der Waals surface area contributed by atoms with Gasteiger partial charge in [-0.3, -0.25) is 4.79 Å². The van der Waals surface area contributed by atoms with E-state index in [0.29, 0.717) is 0 Å². The molecule has 0 spiro atoms. The van der Waals surface area contributed by atoms with Crippen LogP contribution in [0, 0.1) is 13.8 Å². The highest BCUT2D eigenvalue weighted by atomic mass is 16.5. The highest BCUT2D eigenvalue weighted by Gasteiger charge is 2.13. The Labute approximate surface area is 125 Å². The summed E-state index contributed by atoms with van der Waals surface area (Å²) in [6.45, 7) is 7.63. The first-order valence-corrected chi connectivity index (χ1v) is 6.94. The summed E-state index contributed by atoms with van der Waals surface area (Å²) in [6, 6.07) is 4.10. The molecule has 0 unspecified atom stereocenters. The molecule has 4 nitrogen and oxygen atoms in total. The fourth-order valence-corrected chi connectivity index (χ4v) is 2.59. The van der Waals surface area contributed by atoms with Crippen molar-refractivity contribution in [1.29, 1.82) is 0 Å². The second-order valence-corrected chi connectivity index (χ2v) is 5.40. The smallest absolute Gasteiger partial charge is 0.154 e. The number of ketones is 1. The maximum Gasteiger partial charge on any atom is 0.154 e. The molecule has 21 heavy (non-hydrogen) atoms. The Hall–Kier alpha value is -2.23. The number of aromatic nitrogens is 1. The van der Waals surface area contributed by atoms with Crippen LogP contribution >= 0.6 is 0 Å².